The summed E-state index contributed by atoms with van der Waals surface area (Å²) in [6, 6.07) is 4.38. The molecule has 0 radical (unpaired) electrons. The molecule has 23 heavy (non-hydrogen) atoms. The van der Waals surface area contributed by atoms with Crippen molar-refractivity contribution in [1.29, 1.82) is 0 Å². The van der Waals surface area contributed by atoms with Gasteiger partial charge in [-0.1, -0.05) is 13.8 Å². The van der Waals surface area contributed by atoms with Gasteiger partial charge in [0, 0.05) is 13.1 Å². The van der Waals surface area contributed by atoms with Gasteiger partial charge >= 0.3 is 5.97 Å². The van der Waals surface area contributed by atoms with E-state index in [1.165, 1.54) is 19.2 Å². The predicted octanol–water partition coefficient (Wildman–Crippen LogP) is 2.14. The molecular weight excluding hydrogens is 316 g/mol. The first-order chi connectivity index (χ1) is 10.6. The minimum absolute atomic E-state index is 0.0863. The van der Waals surface area contributed by atoms with Crippen molar-refractivity contribution in [2.24, 2.45) is 10.6 Å². The summed E-state index contributed by atoms with van der Waals surface area (Å²) in [6.45, 7) is 6.11. The number of primary sulfonamides is 1. The number of carbonyl (C=O) groups is 1. The normalized spacial score (nSPS) is 18.3. The van der Waals surface area contributed by atoms with Gasteiger partial charge < -0.3 is 9.64 Å². The van der Waals surface area contributed by atoms with E-state index in [2.05, 4.69) is 18.7 Å². The number of nitrogens with two attached hydrogens (primary N) is 1. The van der Waals surface area contributed by atoms with E-state index in [9.17, 15) is 13.2 Å². The summed E-state index contributed by atoms with van der Waals surface area (Å²) in [7, 11) is -2.59. The van der Waals surface area contributed by atoms with E-state index in [1.54, 1.807) is 6.07 Å². The zero-order valence-electron chi connectivity index (χ0n) is 13.8. The van der Waals surface area contributed by atoms with Crippen LogP contribution in [0.4, 0.5) is 5.69 Å². The summed E-state index contributed by atoms with van der Waals surface area (Å²) in [4.78, 5) is 14.1. The third-order valence-corrected chi connectivity index (χ3v) is 5.29. The Kier molecular flexibility index (Phi) is 5.01. The molecule has 1 aromatic rings. The number of benzene rings is 1. The number of rotatable bonds is 3. The number of hydrogen-bond donors (Lipinski definition) is 1. The maximum atomic E-state index is 12.1. The largest absolute Gasteiger partial charge is 0.465 e. The molecule has 0 bridgehead atoms. The summed E-state index contributed by atoms with van der Waals surface area (Å²) >= 11 is 0. The number of sulfonamides is 1. The summed E-state index contributed by atoms with van der Waals surface area (Å²) in [5.74, 6) is -0.561. The van der Waals surface area contributed by atoms with Crippen LogP contribution in [-0.4, -0.2) is 34.6 Å². The Hall–Kier alpha value is -1.60. The van der Waals surface area contributed by atoms with Gasteiger partial charge in [-0.3, -0.25) is 0 Å². The van der Waals surface area contributed by atoms with Crippen molar-refractivity contribution in [3.63, 3.8) is 0 Å². The monoisotopic (exact) mass is 340 g/mol. The Morgan fingerprint density at radius 3 is 2.57 bits per heavy atom. The van der Waals surface area contributed by atoms with Crippen LogP contribution in [0, 0.1) is 5.41 Å². The van der Waals surface area contributed by atoms with Crippen molar-refractivity contribution in [2.45, 2.75) is 38.0 Å². The van der Waals surface area contributed by atoms with Gasteiger partial charge in [0.15, 0.2) is 0 Å². The molecule has 1 aromatic carbocycles. The van der Waals surface area contributed by atoms with Crippen LogP contribution in [0.1, 0.15) is 43.5 Å². The molecule has 1 heterocycles. The van der Waals surface area contributed by atoms with Gasteiger partial charge in [0.05, 0.1) is 23.3 Å². The molecule has 0 aliphatic carbocycles. The zero-order valence-corrected chi connectivity index (χ0v) is 14.6. The van der Waals surface area contributed by atoms with Crippen LogP contribution >= 0.6 is 0 Å². The van der Waals surface area contributed by atoms with Crippen LogP contribution in [0.3, 0.4) is 0 Å². The highest BCUT2D eigenvalue weighted by atomic mass is 32.2. The smallest absolute Gasteiger partial charge is 0.340 e. The van der Waals surface area contributed by atoms with Crippen molar-refractivity contribution in [1.82, 2.24) is 0 Å². The molecule has 1 fully saturated rings. The van der Waals surface area contributed by atoms with E-state index in [-0.39, 0.29) is 15.9 Å². The molecular formula is C16H24N2O4S. The molecule has 6 nitrogen and oxygen atoms in total. The fraction of sp³-hybridized carbons (Fsp3) is 0.562. The molecule has 1 saturated heterocycles. The number of nitrogens with zero attached hydrogens (tertiary/aromatic N) is 1. The Bertz CT molecular complexity index is 698. The highest BCUT2D eigenvalue weighted by Gasteiger charge is 2.26. The second-order valence-corrected chi connectivity index (χ2v) is 8.28. The van der Waals surface area contributed by atoms with Gasteiger partial charge in [0.2, 0.25) is 10.0 Å². The maximum Gasteiger partial charge on any atom is 0.340 e. The lowest BCUT2D eigenvalue weighted by Crippen LogP contribution is -2.27. The molecule has 0 unspecified atom stereocenters. The van der Waals surface area contributed by atoms with Gasteiger partial charge in [0.25, 0.3) is 0 Å². The van der Waals surface area contributed by atoms with Crippen LogP contribution in [0.2, 0.25) is 0 Å². The molecule has 2 rings (SSSR count). The predicted molar refractivity (Wildman–Crippen MR) is 89.0 cm³/mol. The maximum absolute atomic E-state index is 12.1. The first kappa shape index (κ1) is 17.7. The van der Waals surface area contributed by atoms with E-state index < -0.39 is 16.0 Å². The molecule has 0 saturated carbocycles. The van der Waals surface area contributed by atoms with E-state index in [0.717, 1.165) is 32.4 Å². The van der Waals surface area contributed by atoms with E-state index in [4.69, 9.17) is 9.88 Å². The molecule has 0 spiro atoms. The zero-order chi connectivity index (χ0) is 17.3. The summed E-state index contributed by atoms with van der Waals surface area (Å²) in [5.41, 5.74) is 1.20. The molecule has 7 heteroatoms. The topological polar surface area (TPSA) is 89.7 Å². The molecule has 1 aliphatic rings. The molecule has 0 aromatic heterocycles. The van der Waals surface area contributed by atoms with E-state index in [1.807, 2.05) is 0 Å². The molecule has 2 N–H and O–H groups in total. The number of methoxy groups -OCH3 is 1. The summed E-state index contributed by atoms with van der Waals surface area (Å²) in [5, 5.41) is 5.16. The minimum atomic E-state index is -3.87. The Morgan fingerprint density at radius 2 is 1.96 bits per heavy atom. The second kappa shape index (κ2) is 6.49. The fourth-order valence-electron chi connectivity index (χ4n) is 2.91. The van der Waals surface area contributed by atoms with Crippen molar-refractivity contribution in [3.8, 4) is 0 Å². The Balaban J connectivity index is 2.43. The minimum Gasteiger partial charge on any atom is -0.465 e. The van der Waals surface area contributed by atoms with Crippen LogP contribution in [0.25, 0.3) is 0 Å². The fourth-order valence-corrected chi connectivity index (χ4v) is 3.44. The van der Waals surface area contributed by atoms with E-state index >= 15 is 0 Å². The highest BCUT2D eigenvalue weighted by molar-refractivity contribution is 7.89. The van der Waals surface area contributed by atoms with Gasteiger partial charge in [-0.2, -0.15) is 0 Å². The molecule has 128 valence electrons. The SMILES string of the molecule is COC(=O)c1cc(S(N)(=O)=O)ccc1N1CCCC(C)(C)CC1. The first-order valence-corrected chi connectivity index (χ1v) is 9.19. The van der Waals surface area contributed by atoms with Gasteiger partial charge in [-0.15, -0.1) is 0 Å². The standard InChI is InChI=1S/C16H24N2O4S/c1-16(2)7-4-9-18(10-8-16)14-6-5-12(23(17,20)21)11-13(14)15(19)22-3/h5-6,11H,4,7-10H2,1-3H3,(H2,17,20,21). The Morgan fingerprint density at radius 1 is 1.26 bits per heavy atom. The second-order valence-electron chi connectivity index (χ2n) is 6.72. The first-order valence-electron chi connectivity index (χ1n) is 7.64. The van der Waals surface area contributed by atoms with Crippen LogP contribution < -0.4 is 10.0 Å². The van der Waals surface area contributed by atoms with Crippen molar-refractivity contribution >= 4 is 21.7 Å². The number of ether oxygens (including phenoxy) is 1. The molecule has 0 atom stereocenters. The molecule has 1 aliphatic heterocycles. The van der Waals surface area contributed by atoms with Crippen molar-refractivity contribution in [3.05, 3.63) is 23.8 Å². The number of carbonyl (C=O) groups excluding carboxylic acids is 1. The third kappa shape index (κ3) is 4.23. The van der Waals surface area contributed by atoms with Crippen LogP contribution in [0.15, 0.2) is 23.1 Å². The third-order valence-electron chi connectivity index (χ3n) is 4.38. The number of hydrogen-bond acceptors (Lipinski definition) is 5. The summed E-state index contributed by atoms with van der Waals surface area (Å²) in [6.07, 6.45) is 3.14. The lowest BCUT2D eigenvalue weighted by atomic mass is 9.85. The summed E-state index contributed by atoms with van der Waals surface area (Å²) < 4.78 is 27.9. The average Bonchev–Trinajstić information content (AvgIpc) is 2.65. The van der Waals surface area contributed by atoms with E-state index in [0.29, 0.717) is 5.69 Å². The van der Waals surface area contributed by atoms with Gasteiger partial charge in [-0.05, 0) is 42.9 Å². The lowest BCUT2D eigenvalue weighted by molar-refractivity contribution is 0.0601. The average molecular weight is 340 g/mol. The quantitative estimate of drug-likeness (QED) is 0.852. The lowest BCUT2D eigenvalue weighted by Gasteiger charge is -2.26. The van der Waals surface area contributed by atoms with Crippen LogP contribution in [-0.2, 0) is 14.8 Å². The number of anilines is 1. The van der Waals surface area contributed by atoms with Crippen molar-refractivity contribution in [2.75, 3.05) is 25.1 Å². The molecule has 0 amide bonds. The number of esters is 1. The van der Waals surface area contributed by atoms with Crippen LogP contribution in [0.5, 0.6) is 0 Å². The van der Waals surface area contributed by atoms with Gasteiger partial charge in [0.1, 0.15) is 0 Å². The van der Waals surface area contributed by atoms with Crippen molar-refractivity contribution < 1.29 is 17.9 Å². The highest BCUT2D eigenvalue weighted by Crippen LogP contribution is 2.33. The van der Waals surface area contributed by atoms with Gasteiger partial charge in [-0.25, -0.2) is 18.4 Å². The Labute approximate surface area is 137 Å².